The zero-order valence-electron chi connectivity index (χ0n) is 27.1. The van der Waals surface area contributed by atoms with E-state index in [2.05, 4.69) is 24.5 Å². The lowest BCUT2D eigenvalue weighted by molar-refractivity contribution is -0.149. The number of unbranched alkanes of at least 4 members (excludes halogenated alkanes) is 10. The number of amides is 2. The summed E-state index contributed by atoms with van der Waals surface area (Å²) in [5.74, 6) is -2.07. The first kappa shape index (κ1) is 43.5. The molecule has 0 aromatic heterocycles. The molecule has 0 bridgehead atoms. The molecule has 12 N–H and O–H groups in total. The van der Waals surface area contributed by atoms with Gasteiger partial charge in [0, 0.05) is 18.5 Å². The molecule has 2 amide bonds. The van der Waals surface area contributed by atoms with E-state index >= 15 is 0 Å². The molecule has 0 fully saturated rings. The maximum Gasteiger partial charge on any atom is 0.251 e. The fourth-order valence-corrected chi connectivity index (χ4v) is 5.22. The van der Waals surface area contributed by atoms with Gasteiger partial charge in [-0.2, -0.15) is 0 Å². The topological polar surface area (TPSA) is 260 Å². The van der Waals surface area contributed by atoms with Crippen LogP contribution in [0, 0.1) is 5.41 Å². The predicted octanol–water partition coefficient (Wildman–Crippen LogP) is -1.42. The van der Waals surface area contributed by atoms with Crippen LogP contribution in [0.2, 0.25) is 0 Å². The number of nitrogens with one attached hydrogen (secondary N) is 2. The van der Waals surface area contributed by atoms with Crippen LogP contribution in [-0.4, -0.2) is 138 Å². The summed E-state index contributed by atoms with van der Waals surface area (Å²) in [6.07, 6.45) is -3.19. The van der Waals surface area contributed by atoms with Crippen molar-refractivity contribution in [2.24, 2.45) is 5.41 Å². The molecule has 0 aromatic rings. The Kier molecular flexibility index (Phi) is 23.9. The molecule has 0 spiro atoms. The van der Waals surface area contributed by atoms with Gasteiger partial charge in [-0.1, -0.05) is 90.9 Å². The third-order valence-corrected chi connectivity index (χ3v) is 8.44. The molecule has 0 aromatic carbocycles. The van der Waals surface area contributed by atoms with Crippen LogP contribution in [0.3, 0.4) is 0 Å². The molecule has 8 atom stereocenters. The van der Waals surface area contributed by atoms with E-state index < -0.39 is 79.3 Å². The maximum absolute atomic E-state index is 12.8. The highest BCUT2D eigenvalue weighted by molar-refractivity contribution is 5.82. The Labute approximate surface area is 267 Å². The van der Waals surface area contributed by atoms with Gasteiger partial charge in [0.2, 0.25) is 0 Å². The van der Waals surface area contributed by atoms with E-state index in [4.69, 9.17) is 10.2 Å². The summed E-state index contributed by atoms with van der Waals surface area (Å²) >= 11 is 0. The van der Waals surface area contributed by atoms with Gasteiger partial charge in [-0.3, -0.25) is 9.59 Å². The number of carbonyl (C=O) groups is 2. The van der Waals surface area contributed by atoms with Crippen molar-refractivity contribution in [3.8, 4) is 0 Å². The third kappa shape index (κ3) is 16.8. The van der Waals surface area contributed by atoms with Crippen LogP contribution in [0.1, 0.15) is 104 Å². The van der Waals surface area contributed by atoms with E-state index in [0.717, 1.165) is 77.0 Å². The number of rotatable bonds is 28. The highest BCUT2D eigenvalue weighted by Crippen LogP contribution is 2.32. The standard InChI is InChI=1S/C31H62N2O12/c1-3-5-7-9-11-13-15-31(16-14-12-10-8-6-4-2,19-32-29(44)27(42)25(40)23(38)21(36)17-34)20-33-30(45)28(43)26(41)24(39)22(37)18-35/h21-28,34-43H,3-20H2,1-2H3,(H,32,44)(H,33,45). The lowest BCUT2D eigenvalue weighted by Crippen LogP contribution is -2.55. The minimum Gasteiger partial charge on any atom is -0.394 e. The van der Waals surface area contributed by atoms with Gasteiger partial charge in [-0.05, 0) is 12.8 Å². The van der Waals surface area contributed by atoms with Crippen LogP contribution in [0.5, 0.6) is 0 Å². The summed E-state index contributed by atoms with van der Waals surface area (Å²) in [7, 11) is 0. The van der Waals surface area contributed by atoms with Crippen molar-refractivity contribution < 1.29 is 60.7 Å². The van der Waals surface area contributed by atoms with Crippen LogP contribution in [-0.2, 0) is 9.59 Å². The molecule has 0 heterocycles. The summed E-state index contributed by atoms with van der Waals surface area (Å²) in [6.45, 7) is 2.29. The van der Waals surface area contributed by atoms with Crippen molar-refractivity contribution >= 4 is 11.8 Å². The molecule has 0 saturated carbocycles. The van der Waals surface area contributed by atoms with Gasteiger partial charge >= 0.3 is 0 Å². The zero-order chi connectivity index (χ0) is 34.4. The fraction of sp³-hybridized carbons (Fsp3) is 0.935. The van der Waals surface area contributed by atoms with Crippen LogP contribution in [0.25, 0.3) is 0 Å². The van der Waals surface area contributed by atoms with Crippen molar-refractivity contribution in [1.82, 2.24) is 10.6 Å². The molecule has 0 rings (SSSR count). The quantitative estimate of drug-likeness (QED) is 0.0434. The average molecular weight is 655 g/mol. The molecular formula is C31H62N2O12. The molecule has 0 radical (unpaired) electrons. The van der Waals surface area contributed by atoms with Crippen molar-refractivity contribution in [1.29, 1.82) is 0 Å². The van der Waals surface area contributed by atoms with Crippen molar-refractivity contribution in [3.05, 3.63) is 0 Å². The first-order valence-corrected chi connectivity index (χ1v) is 16.5. The number of hydrogen-bond donors (Lipinski definition) is 12. The number of aliphatic hydroxyl groups excluding tert-OH is 10. The molecule has 0 aliphatic carbocycles. The monoisotopic (exact) mass is 654 g/mol. The van der Waals surface area contributed by atoms with Crippen LogP contribution in [0.15, 0.2) is 0 Å². The van der Waals surface area contributed by atoms with Crippen LogP contribution < -0.4 is 10.6 Å². The van der Waals surface area contributed by atoms with Gasteiger partial charge in [0.05, 0.1) is 13.2 Å². The Morgan fingerprint density at radius 3 is 1.13 bits per heavy atom. The van der Waals surface area contributed by atoms with Crippen LogP contribution >= 0.6 is 0 Å². The first-order chi connectivity index (χ1) is 21.3. The van der Waals surface area contributed by atoms with Crippen LogP contribution in [0.4, 0.5) is 0 Å². The minimum absolute atomic E-state index is 0.0665. The maximum atomic E-state index is 12.8. The Morgan fingerprint density at radius 2 is 0.822 bits per heavy atom. The second-order valence-electron chi connectivity index (χ2n) is 12.3. The Hall–Kier alpha value is -1.46. The molecule has 14 nitrogen and oxygen atoms in total. The second kappa shape index (κ2) is 24.7. The lowest BCUT2D eigenvalue weighted by Gasteiger charge is -2.36. The molecule has 0 aliphatic heterocycles. The van der Waals surface area contributed by atoms with E-state index in [-0.39, 0.29) is 13.1 Å². The van der Waals surface area contributed by atoms with Gasteiger partial charge in [0.25, 0.3) is 11.8 Å². The van der Waals surface area contributed by atoms with E-state index in [1.165, 1.54) is 0 Å². The predicted molar refractivity (Wildman–Crippen MR) is 167 cm³/mol. The molecule has 0 saturated heterocycles. The lowest BCUT2D eigenvalue weighted by atomic mass is 9.77. The van der Waals surface area contributed by atoms with Gasteiger partial charge in [-0.15, -0.1) is 0 Å². The SMILES string of the molecule is CCCCCCCCC(CCCCCCCC)(CNC(=O)C(O)C(O)C(O)C(O)CO)CNC(=O)C(O)C(O)C(O)C(O)CO. The summed E-state index contributed by atoms with van der Waals surface area (Å²) in [4.78, 5) is 25.7. The highest BCUT2D eigenvalue weighted by Gasteiger charge is 2.38. The highest BCUT2D eigenvalue weighted by atomic mass is 16.4. The Balaban J connectivity index is 5.90. The third-order valence-electron chi connectivity index (χ3n) is 8.44. The molecule has 14 heteroatoms. The van der Waals surface area contributed by atoms with E-state index in [1.807, 2.05) is 0 Å². The van der Waals surface area contributed by atoms with Crippen molar-refractivity contribution in [2.75, 3.05) is 26.3 Å². The summed E-state index contributed by atoms with van der Waals surface area (Å²) in [5, 5.41) is 103. The summed E-state index contributed by atoms with van der Waals surface area (Å²) in [6, 6.07) is 0. The Morgan fingerprint density at radius 1 is 0.511 bits per heavy atom. The van der Waals surface area contributed by atoms with E-state index in [0.29, 0.717) is 12.8 Å². The second-order valence-corrected chi connectivity index (χ2v) is 12.3. The number of aliphatic hydroxyl groups is 10. The minimum atomic E-state index is -2.13. The van der Waals surface area contributed by atoms with Crippen molar-refractivity contribution in [2.45, 2.75) is 153 Å². The normalized spacial score (nSPS) is 17.5. The average Bonchev–Trinajstić information content (AvgIpc) is 3.05. The van der Waals surface area contributed by atoms with Gasteiger partial charge in [0.1, 0.15) is 36.6 Å². The largest absolute Gasteiger partial charge is 0.394 e. The number of hydrogen-bond acceptors (Lipinski definition) is 12. The molecular weight excluding hydrogens is 592 g/mol. The molecule has 8 unspecified atom stereocenters. The smallest absolute Gasteiger partial charge is 0.251 e. The molecule has 0 aliphatic rings. The van der Waals surface area contributed by atoms with Gasteiger partial charge in [-0.25, -0.2) is 0 Å². The summed E-state index contributed by atoms with van der Waals surface area (Å²) in [5.41, 5.74) is -0.789. The zero-order valence-corrected chi connectivity index (χ0v) is 27.1. The van der Waals surface area contributed by atoms with E-state index in [1.54, 1.807) is 0 Å². The van der Waals surface area contributed by atoms with Crippen molar-refractivity contribution in [3.63, 3.8) is 0 Å². The molecule has 45 heavy (non-hydrogen) atoms. The first-order valence-electron chi connectivity index (χ1n) is 16.5. The number of carbonyl (C=O) groups excluding carboxylic acids is 2. The summed E-state index contributed by atoms with van der Waals surface area (Å²) < 4.78 is 0. The van der Waals surface area contributed by atoms with Gasteiger partial charge < -0.3 is 61.7 Å². The molecule has 268 valence electrons. The van der Waals surface area contributed by atoms with Gasteiger partial charge in [0.15, 0.2) is 12.2 Å². The van der Waals surface area contributed by atoms with E-state index in [9.17, 15) is 50.4 Å². The Bertz CT molecular complexity index is 715. The fourth-order valence-electron chi connectivity index (χ4n) is 5.22.